The third-order valence-corrected chi connectivity index (χ3v) is 2.56. The molecule has 3 heteroatoms. The van der Waals surface area contributed by atoms with Crippen molar-refractivity contribution in [1.82, 2.24) is 0 Å². The van der Waals surface area contributed by atoms with Crippen LogP contribution in [0.5, 0.6) is 11.5 Å². The van der Waals surface area contributed by atoms with E-state index in [9.17, 15) is 0 Å². The van der Waals surface area contributed by atoms with Crippen LogP contribution in [0.3, 0.4) is 0 Å². The van der Waals surface area contributed by atoms with Crippen molar-refractivity contribution >= 4 is 5.57 Å². The second-order valence-electron chi connectivity index (χ2n) is 3.95. The van der Waals surface area contributed by atoms with Gasteiger partial charge in [0.05, 0.1) is 20.3 Å². The molecule has 1 aromatic rings. The molecular weight excluding hydrogens is 214 g/mol. The molecule has 0 atom stereocenters. The summed E-state index contributed by atoms with van der Waals surface area (Å²) in [6.07, 6.45) is 1.58. The van der Waals surface area contributed by atoms with E-state index in [2.05, 4.69) is 19.9 Å². The maximum atomic E-state index is 8.79. The highest BCUT2D eigenvalue weighted by Gasteiger charge is 2.10. The highest BCUT2D eigenvalue weighted by Crippen LogP contribution is 2.32. The second kappa shape index (κ2) is 5.95. The number of benzene rings is 1. The van der Waals surface area contributed by atoms with Crippen LogP contribution < -0.4 is 9.47 Å². The van der Waals surface area contributed by atoms with Gasteiger partial charge in [-0.05, 0) is 29.2 Å². The van der Waals surface area contributed by atoms with Crippen LogP contribution in [-0.4, -0.2) is 14.2 Å². The summed E-state index contributed by atoms with van der Waals surface area (Å²) in [7, 11) is 3.21. The van der Waals surface area contributed by atoms with Gasteiger partial charge in [-0.2, -0.15) is 5.26 Å². The largest absolute Gasteiger partial charge is 0.493 e. The minimum absolute atomic E-state index is 0.285. The lowest BCUT2D eigenvalue weighted by Crippen LogP contribution is -1.96. The van der Waals surface area contributed by atoms with Crippen LogP contribution in [0.15, 0.2) is 24.3 Å². The zero-order valence-electron chi connectivity index (χ0n) is 10.7. The van der Waals surface area contributed by atoms with Crippen LogP contribution in [0.25, 0.3) is 5.57 Å². The highest BCUT2D eigenvalue weighted by atomic mass is 16.5. The Balaban J connectivity index is 3.23. The minimum Gasteiger partial charge on any atom is -0.493 e. The number of hydrogen-bond donors (Lipinski definition) is 0. The van der Waals surface area contributed by atoms with Crippen LogP contribution in [-0.2, 0) is 0 Å². The average Bonchev–Trinajstić information content (AvgIpc) is 2.34. The van der Waals surface area contributed by atoms with Gasteiger partial charge in [0, 0.05) is 6.08 Å². The number of ether oxygens (including phenoxy) is 2. The number of rotatable bonds is 4. The van der Waals surface area contributed by atoms with Crippen molar-refractivity contribution in [3.05, 3.63) is 29.8 Å². The van der Waals surface area contributed by atoms with Crippen LogP contribution >= 0.6 is 0 Å². The summed E-state index contributed by atoms with van der Waals surface area (Å²) < 4.78 is 10.4. The highest BCUT2D eigenvalue weighted by molar-refractivity contribution is 5.71. The van der Waals surface area contributed by atoms with Crippen molar-refractivity contribution in [2.45, 2.75) is 13.8 Å². The first-order chi connectivity index (χ1) is 8.13. The van der Waals surface area contributed by atoms with Crippen molar-refractivity contribution in [3.8, 4) is 17.6 Å². The lowest BCUT2D eigenvalue weighted by atomic mass is 9.95. The average molecular weight is 231 g/mol. The molecule has 3 nitrogen and oxygen atoms in total. The zero-order chi connectivity index (χ0) is 12.8. The molecule has 0 aliphatic rings. The van der Waals surface area contributed by atoms with E-state index < -0.39 is 0 Å². The first-order valence-corrected chi connectivity index (χ1v) is 5.46. The topological polar surface area (TPSA) is 42.2 Å². The van der Waals surface area contributed by atoms with E-state index in [4.69, 9.17) is 14.7 Å². The maximum Gasteiger partial charge on any atom is 0.161 e. The Labute approximate surface area is 102 Å². The van der Waals surface area contributed by atoms with Gasteiger partial charge in [-0.15, -0.1) is 0 Å². The molecule has 0 radical (unpaired) electrons. The van der Waals surface area contributed by atoms with Gasteiger partial charge in [-0.3, -0.25) is 0 Å². The Kier molecular flexibility index (Phi) is 4.59. The summed E-state index contributed by atoms with van der Waals surface area (Å²) in [5, 5.41) is 8.79. The number of nitriles is 1. The zero-order valence-corrected chi connectivity index (χ0v) is 10.7. The van der Waals surface area contributed by atoms with E-state index in [0.29, 0.717) is 11.5 Å². The van der Waals surface area contributed by atoms with Gasteiger partial charge in [0.1, 0.15) is 0 Å². The molecule has 0 saturated carbocycles. The summed E-state index contributed by atoms with van der Waals surface area (Å²) in [4.78, 5) is 0. The molecule has 17 heavy (non-hydrogen) atoms. The summed E-state index contributed by atoms with van der Waals surface area (Å²) >= 11 is 0. The molecule has 0 saturated heterocycles. The number of nitrogens with zero attached hydrogens (tertiary/aromatic N) is 1. The second-order valence-corrected chi connectivity index (χ2v) is 3.95. The van der Waals surface area contributed by atoms with E-state index in [-0.39, 0.29) is 5.92 Å². The molecule has 0 aliphatic carbocycles. The Morgan fingerprint density at radius 2 is 1.88 bits per heavy atom. The summed E-state index contributed by atoms with van der Waals surface area (Å²) in [6.45, 7) is 4.11. The normalized spacial score (nSPS) is 11.2. The molecular formula is C14H17NO2. The molecule has 0 amide bonds. The molecule has 0 spiro atoms. The Morgan fingerprint density at radius 1 is 1.24 bits per heavy atom. The van der Waals surface area contributed by atoms with Crippen molar-refractivity contribution in [3.63, 3.8) is 0 Å². The van der Waals surface area contributed by atoms with Gasteiger partial charge in [0.25, 0.3) is 0 Å². The Morgan fingerprint density at radius 3 is 2.35 bits per heavy atom. The van der Waals surface area contributed by atoms with Gasteiger partial charge < -0.3 is 9.47 Å². The predicted octanol–water partition coefficient (Wildman–Crippen LogP) is 3.27. The van der Waals surface area contributed by atoms with Gasteiger partial charge >= 0.3 is 0 Å². The molecule has 0 unspecified atom stereocenters. The summed E-state index contributed by atoms with van der Waals surface area (Å²) in [6, 6.07) is 7.75. The fourth-order valence-electron chi connectivity index (χ4n) is 1.67. The molecule has 0 bridgehead atoms. The van der Waals surface area contributed by atoms with E-state index in [1.165, 1.54) is 0 Å². The van der Waals surface area contributed by atoms with Crippen molar-refractivity contribution < 1.29 is 9.47 Å². The van der Waals surface area contributed by atoms with Crippen LogP contribution in [0.1, 0.15) is 19.4 Å². The van der Waals surface area contributed by atoms with Gasteiger partial charge in [0.2, 0.25) is 0 Å². The Bertz CT molecular complexity index is 456. The maximum absolute atomic E-state index is 8.79. The molecule has 0 N–H and O–H groups in total. The van der Waals surface area contributed by atoms with Crippen molar-refractivity contribution in [2.75, 3.05) is 14.2 Å². The first-order valence-electron chi connectivity index (χ1n) is 5.46. The molecule has 0 aliphatic heterocycles. The quantitative estimate of drug-likeness (QED) is 0.747. The molecule has 1 rings (SSSR count). The Hall–Kier alpha value is -1.95. The molecule has 0 aromatic heterocycles. The van der Waals surface area contributed by atoms with E-state index in [1.807, 2.05) is 18.2 Å². The fraction of sp³-hybridized carbons (Fsp3) is 0.357. The summed E-state index contributed by atoms with van der Waals surface area (Å²) in [5.41, 5.74) is 1.98. The molecule has 0 heterocycles. The van der Waals surface area contributed by atoms with Crippen LogP contribution in [0.4, 0.5) is 0 Å². The van der Waals surface area contributed by atoms with Gasteiger partial charge in [-0.1, -0.05) is 19.9 Å². The molecule has 1 aromatic carbocycles. The van der Waals surface area contributed by atoms with E-state index in [0.717, 1.165) is 11.1 Å². The third kappa shape index (κ3) is 3.01. The standard InChI is InChI=1S/C14H17NO2/c1-10(2)12(7-8-15)11-5-6-13(16-3)14(9-11)17-4/h5-7,9-10H,1-4H3/b12-7-. The van der Waals surface area contributed by atoms with Crippen molar-refractivity contribution in [1.29, 1.82) is 5.26 Å². The van der Waals surface area contributed by atoms with Crippen molar-refractivity contribution in [2.24, 2.45) is 5.92 Å². The lowest BCUT2D eigenvalue weighted by molar-refractivity contribution is 0.355. The molecule has 90 valence electrons. The third-order valence-electron chi connectivity index (χ3n) is 2.56. The molecule has 0 fully saturated rings. The van der Waals surface area contributed by atoms with Crippen LogP contribution in [0, 0.1) is 17.2 Å². The lowest BCUT2D eigenvalue weighted by Gasteiger charge is -2.13. The predicted molar refractivity (Wildman–Crippen MR) is 68.0 cm³/mol. The first kappa shape index (κ1) is 13.1. The van der Waals surface area contributed by atoms with E-state index >= 15 is 0 Å². The monoisotopic (exact) mass is 231 g/mol. The van der Waals surface area contributed by atoms with Gasteiger partial charge in [0.15, 0.2) is 11.5 Å². The smallest absolute Gasteiger partial charge is 0.161 e. The van der Waals surface area contributed by atoms with E-state index in [1.54, 1.807) is 20.3 Å². The number of hydrogen-bond acceptors (Lipinski definition) is 3. The fourth-order valence-corrected chi connectivity index (χ4v) is 1.67. The SMILES string of the molecule is COc1ccc(/C(=C\C#N)C(C)C)cc1OC. The summed E-state index contributed by atoms with van der Waals surface area (Å²) in [5.74, 6) is 1.65. The number of allylic oxidation sites excluding steroid dienone is 2. The number of methoxy groups -OCH3 is 2. The van der Waals surface area contributed by atoms with Crippen LogP contribution in [0.2, 0.25) is 0 Å². The van der Waals surface area contributed by atoms with Gasteiger partial charge in [-0.25, -0.2) is 0 Å². The minimum atomic E-state index is 0.285.